The van der Waals surface area contributed by atoms with Crippen molar-refractivity contribution in [1.82, 2.24) is 10.2 Å². The quantitative estimate of drug-likeness (QED) is 0.525. The molecule has 0 bridgehead atoms. The molecule has 0 amide bonds. The van der Waals surface area contributed by atoms with Crippen LogP contribution in [0.3, 0.4) is 0 Å². The Hall–Kier alpha value is -0.120. The van der Waals surface area contributed by atoms with Gasteiger partial charge in [0.15, 0.2) is 0 Å². The molecule has 3 heteroatoms. The molecule has 126 valence electrons. The maximum atomic E-state index is 5.36. The van der Waals surface area contributed by atoms with E-state index < -0.39 is 0 Å². The number of hydrogen-bond acceptors (Lipinski definition) is 3. The summed E-state index contributed by atoms with van der Waals surface area (Å²) >= 11 is 0. The zero-order valence-electron chi connectivity index (χ0n) is 14.7. The summed E-state index contributed by atoms with van der Waals surface area (Å²) in [5.41, 5.74) is 0. The Labute approximate surface area is 132 Å². The van der Waals surface area contributed by atoms with Crippen LogP contribution in [-0.2, 0) is 4.74 Å². The van der Waals surface area contributed by atoms with Crippen molar-refractivity contribution in [3.05, 3.63) is 0 Å². The molecule has 1 saturated carbocycles. The lowest BCUT2D eigenvalue weighted by atomic mass is 10.1. The molecule has 0 aromatic heterocycles. The minimum Gasteiger partial charge on any atom is -0.382 e. The average Bonchev–Trinajstić information content (AvgIpc) is 2.98. The number of hydrogen-bond donors (Lipinski definition) is 1. The van der Waals surface area contributed by atoms with Crippen LogP contribution >= 0.6 is 0 Å². The van der Waals surface area contributed by atoms with Crippen LogP contribution in [0.25, 0.3) is 0 Å². The summed E-state index contributed by atoms with van der Waals surface area (Å²) in [6.45, 7) is 13.3. The number of nitrogens with zero attached hydrogens (tertiary/aromatic N) is 1. The topological polar surface area (TPSA) is 24.5 Å². The van der Waals surface area contributed by atoms with Gasteiger partial charge in [-0.15, -0.1) is 0 Å². The molecular weight excluding hydrogens is 260 g/mol. The summed E-state index contributed by atoms with van der Waals surface area (Å²) in [6, 6.07) is 0.864. The van der Waals surface area contributed by atoms with Crippen molar-refractivity contribution in [3.63, 3.8) is 0 Å². The van der Waals surface area contributed by atoms with Crippen molar-refractivity contribution >= 4 is 0 Å². The van der Waals surface area contributed by atoms with E-state index in [1.807, 2.05) is 0 Å². The minimum absolute atomic E-state index is 0.820. The normalized spacial score (nSPS) is 16.4. The predicted octanol–water partition coefficient (Wildman–Crippen LogP) is 3.68. The molecule has 0 aromatic rings. The summed E-state index contributed by atoms with van der Waals surface area (Å²) in [4.78, 5) is 2.75. The van der Waals surface area contributed by atoms with Crippen LogP contribution in [0.2, 0.25) is 0 Å². The Morgan fingerprint density at radius 2 is 1.86 bits per heavy atom. The highest BCUT2D eigenvalue weighted by molar-refractivity contribution is 4.78. The Morgan fingerprint density at radius 3 is 2.52 bits per heavy atom. The third kappa shape index (κ3) is 9.49. The molecule has 0 radical (unpaired) electrons. The second-order valence-electron chi connectivity index (χ2n) is 6.81. The van der Waals surface area contributed by atoms with Crippen LogP contribution in [0.15, 0.2) is 0 Å². The summed E-state index contributed by atoms with van der Waals surface area (Å²) in [6.07, 6.45) is 9.47. The fourth-order valence-electron chi connectivity index (χ4n) is 3.12. The van der Waals surface area contributed by atoms with Crippen molar-refractivity contribution in [3.8, 4) is 0 Å². The van der Waals surface area contributed by atoms with Crippen LogP contribution in [-0.4, -0.2) is 50.3 Å². The van der Waals surface area contributed by atoms with Gasteiger partial charge in [-0.1, -0.05) is 26.7 Å². The molecule has 0 spiro atoms. The second-order valence-corrected chi connectivity index (χ2v) is 6.81. The van der Waals surface area contributed by atoms with Crippen LogP contribution < -0.4 is 5.32 Å². The molecule has 1 fully saturated rings. The highest BCUT2D eigenvalue weighted by Crippen LogP contribution is 2.23. The monoisotopic (exact) mass is 298 g/mol. The average molecular weight is 299 g/mol. The standard InChI is InChI=1S/C18H38N2O/c1-4-21-16-8-7-12-19-13-15-20(14-11-17(2)3)18-9-5-6-10-18/h17-19H,4-16H2,1-3H3. The second kappa shape index (κ2) is 12.4. The Morgan fingerprint density at radius 1 is 1.10 bits per heavy atom. The van der Waals surface area contributed by atoms with Gasteiger partial charge in [0.25, 0.3) is 0 Å². The van der Waals surface area contributed by atoms with E-state index in [0.29, 0.717) is 0 Å². The Bertz CT molecular complexity index is 227. The Kier molecular flexibility index (Phi) is 11.2. The Balaban J connectivity index is 2.08. The lowest BCUT2D eigenvalue weighted by molar-refractivity contribution is 0.143. The molecule has 0 saturated heterocycles. The van der Waals surface area contributed by atoms with E-state index in [1.54, 1.807) is 0 Å². The van der Waals surface area contributed by atoms with Gasteiger partial charge < -0.3 is 10.1 Å². The molecule has 21 heavy (non-hydrogen) atoms. The van der Waals surface area contributed by atoms with Crippen LogP contribution in [0.1, 0.15) is 65.7 Å². The number of nitrogens with one attached hydrogen (secondary N) is 1. The molecule has 1 aliphatic rings. The summed E-state index contributed by atoms with van der Waals surface area (Å²) < 4.78 is 5.36. The van der Waals surface area contributed by atoms with E-state index in [9.17, 15) is 0 Å². The van der Waals surface area contributed by atoms with E-state index in [4.69, 9.17) is 4.74 Å². The molecule has 3 nitrogen and oxygen atoms in total. The molecule has 0 aromatic carbocycles. The minimum atomic E-state index is 0.820. The van der Waals surface area contributed by atoms with Gasteiger partial charge in [0, 0.05) is 32.3 Å². The van der Waals surface area contributed by atoms with Gasteiger partial charge in [-0.2, -0.15) is 0 Å². The molecule has 0 heterocycles. The highest BCUT2D eigenvalue weighted by Gasteiger charge is 2.21. The van der Waals surface area contributed by atoms with Crippen LogP contribution in [0.5, 0.6) is 0 Å². The maximum Gasteiger partial charge on any atom is 0.0466 e. The van der Waals surface area contributed by atoms with E-state index >= 15 is 0 Å². The van der Waals surface area contributed by atoms with Crippen molar-refractivity contribution in [2.24, 2.45) is 5.92 Å². The van der Waals surface area contributed by atoms with Crippen LogP contribution in [0, 0.1) is 5.92 Å². The van der Waals surface area contributed by atoms with Crippen molar-refractivity contribution < 1.29 is 4.74 Å². The fraction of sp³-hybridized carbons (Fsp3) is 1.00. The van der Waals surface area contributed by atoms with E-state index in [2.05, 4.69) is 31.0 Å². The zero-order chi connectivity index (χ0) is 15.3. The van der Waals surface area contributed by atoms with Crippen molar-refractivity contribution in [2.75, 3.05) is 39.4 Å². The third-order valence-corrected chi connectivity index (χ3v) is 4.51. The summed E-state index contributed by atoms with van der Waals surface area (Å²) in [5, 5.41) is 3.61. The fourth-order valence-corrected chi connectivity index (χ4v) is 3.12. The molecule has 1 rings (SSSR count). The molecule has 0 aliphatic heterocycles. The van der Waals surface area contributed by atoms with Gasteiger partial charge in [-0.25, -0.2) is 0 Å². The lowest BCUT2D eigenvalue weighted by Gasteiger charge is -2.29. The van der Waals surface area contributed by atoms with Gasteiger partial charge in [-0.3, -0.25) is 4.90 Å². The predicted molar refractivity (Wildman–Crippen MR) is 91.9 cm³/mol. The van der Waals surface area contributed by atoms with Gasteiger partial charge >= 0.3 is 0 Å². The zero-order valence-corrected chi connectivity index (χ0v) is 14.7. The number of rotatable bonds is 13. The number of ether oxygens (including phenoxy) is 1. The highest BCUT2D eigenvalue weighted by atomic mass is 16.5. The van der Waals surface area contributed by atoms with Gasteiger partial charge in [0.05, 0.1) is 0 Å². The maximum absolute atomic E-state index is 5.36. The van der Waals surface area contributed by atoms with Gasteiger partial charge in [-0.05, 0) is 58.0 Å². The first-order chi connectivity index (χ1) is 10.2. The molecular formula is C18H38N2O. The van der Waals surface area contributed by atoms with Crippen molar-refractivity contribution in [1.29, 1.82) is 0 Å². The summed E-state index contributed by atoms with van der Waals surface area (Å²) in [5.74, 6) is 0.820. The molecule has 1 N–H and O–H groups in total. The number of unbranched alkanes of at least 4 members (excludes halogenated alkanes) is 1. The van der Waals surface area contributed by atoms with E-state index in [0.717, 1.165) is 38.3 Å². The third-order valence-electron chi connectivity index (χ3n) is 4.51. The lowest BCUT2D eigenvalue weighted by Crippen LogP contribution is -2.39. The first kappa shape index (κ1) is 18.9. The molecule has 0 atom stereocenters. The van der Waals surface area contributed by atoms with E-state index in [1.165, 1.54) is 58.0 Å². The molecule has 1 aliphatic carbocycles. The molecule has 0 unspecified atom stereocenters. The first-order valence-electron chi connectivity index (χ1n) is 9.26. The van der Waals surface area contributed by atoms with Crippen LogP contribution in [0.4, 0.5) is 0 Å². The SMILES string of the molecule is CCOCCCCNCCN(CCC(C)C)C1CCCC1. The summed E-state index contributed by atoms with van der Waals surface area (Å²) in [7, 11) is 0. The smallest absolute Gasteiger partial charge is 0.0466 e. The van der Waals surface area contributed by atoms with E-state index in [-0.39, 0.29) is 0 Å². The van der Waals surface area contributed by atoms with Gasteiger partial charge in [0.2, 0.25) is 0 Å². The largest absolute Gasteiger partial charge is 0.382 e. The van der Waals surface area contributed by atoms with Gasteiger partial charge in [0.1, 0.15) is 0 Å². The van der Waals surface area contributed by atoms with Crippen molar-refractivity contribution in [2.45, 2.75) is 71.8 Å². The first-order valence-corrected chi connectivity index (χ1v) is 9.26.